The van der Waals surface area contributed by atoms with E-state index >= 15 is 0 Å². The summed E-state index contributed by atoms with van der Waals surface area (Å²) in [6.45, 7) is 0. The normalized spacial score (nSPS) is 14.6. The molecule has 1 aliphatic rings. The van der Waals surface area contributed by atoms with E-state index in [0.29, 0.717) is 0 Å². The zero-order chi connectivity index (χ0) is 12.1. The molecular formula is C15H12BrN. The van der Waals surface area contributed by atoms with Crippen LogP contribution in [-0.2, 0) is 0 Å². The summed E-state index contributed by atoms with van der Waals surface area (Å²) in [7, 11) is 0. The van der Waals surface area contributed by atoms with Crippen LogP contribution in [0.2, 0.25) is 0 Å². The molecule has 0 spiro atoms. The molecule has 0 unspecified atom stereocenters. The topological polar surface area (TPSA) is 23.8 Å². The summed E-state index contributed by atoms with van der Waals surface area (Å²) in [5, 5.41) is 9.98. The van der Waals surface area contributed by atoms with Crippen LogP contribution in [-0.4, -0.2) is 5.33 Å². The minimum Gasteiger partial charge on any atom is -0.192 e. The summed E-state index contributed by atoms with van der Waals surface area (Å²) in [5.41, 5.74) is 4.15. The summed E-state index contributed by atoms with van der Waals surface area (Å²) >= 11 is 3.47. The van der Waals surface area contributed by atoms with Crippen molar-refractivity contribution in [1.29, 1.82) is 5.26 Å². The Morgan fingerprint density at radius 3 is 2.82 bits per heavy atom. The smallest absolute Gasteiger partial charge is 0.0998 e. The van der Waals surface area contributed by atoms with Crippen LogP contribution in [0.25, 0.3) is 5.57 Å². The Hall–Kier alpha value is -1.59. The number of allylic oxidation sites excluding steroid dienone is 6. The summed E-state index contributed by atoms with van der Waals surface area (Å²) in [6.07, 6.45) is 9.39. The zero-order valence-corrected chi connectivity index (χ0v) is 10.9. The van der Waals surface area contributed by atoms with Crippen molar-refractivity contribution in [3.63, 3.8) is 0 Å². The monoisotopic (exact) mass is 285 g/mol. The van der Waals surface area contributed by atoms with Gasteiger partial charge in [0.05, 0.1) is 11.6 Å². The number of benzene rings is 1. The lowest BCUT2D eigenvalue weighted by atomic mass is 10.00. The average molecular weight is 286 g/mol. The summed E-state index contributed by atoms with van der Waals surface area (Å²) in [4.78, 5) is 0. The second-order valence-electron chi connectivity index (χ2n) is 3.84. The molecule has 0 amide bonds. The van der Waals surface area contributed by atoms with Crippen LogP contribution in [0.15, 0.2) is 54.1 Å². The Balaban J connectivity index is 2.44. The first-order chi connectivity index (χ1) is 8.35. The van der Waals surface area contributed by atoms with E-state index in [0.717, 1.165) is 28.5 Å². The minimum absolute atomic E-state index is 0.721. The molecule has 1 aromatic carbocycles. The van der Waals surface area contributed by atoms with Gasteiger partial charge in [-0.3, -0.25) is 0 Å². The van der Waals surface area contributed by atoms with E-state index in [1.165, 1.54) is 5.57 Å². The van der Waals surface area contributed by atoms with Gasteiger partial charge in [-0.15, -0.1) is 0 Å². The van der Waals surface area contributed by atoms with Gasteiger partial charge >= 0.3 is 0 Å². The van der Waals surface area contributed by atoms with Crippen LogP contribution in [0.4, 0.5) is 0 Å². The predicted molar refractivity (Wildman–Crippen MR) is 74.8 cm³/mol. The molecule has 1 nitrogen and oxygen atoms in total. The van der Waals surface area contributed by atoms with Gasteiger partial charge in [-0.25, -0.2) is 0 Å². The molecule has 0 saturated carbocycles. The Bertz CT molecular complexity index is 544. The molecular weight excluding hydrogens is 274 g/mol. The van der Waals surface area contributed by atoms with Crippen molar-refractivity contribution in [2.24, 2.45) is 0 Å². The highest BCUT2D eigenvalue weighted by Crippen LogP contribution is 2.23. The van der Waals surface area contributed by atoms with Gasteiger partial charge in [-0.2, -0.15) is 5.26 Å². The van der Waals surface area contributed by atoms with Crippen molar-refractivity contribution in [2.75, 3.05) is 5.33 Å². The Kier molecular flexibility index (Phi) is 3.95. The molecule has 0 aromatic heterocycles. The predicted octanol–water partition coefficient (Wildman–Crippen LogP) is 4.22. The molecule has 0 N–H and O–H groups in total. The van der Waals surface area contributed by atoms with Gasteiger partial charge in [0.15, 0.2) is 0 Å². The quantitative estimate of drug-likeness (QED) is 0.747. The van der Waals surface area contributed by atoms with Gasteiger partial charge in [-0.1, -0.05) is 64.0 Å². The van der Waals surface area contributed by atoms with Crippen LogP contribution in [0.1, 0.15) is 17.5 Å². The van der Waals surface area contributed by atoms with E-state index in [9.17, 15) is 0 Å². The fourth-order valence-electron chi connectivity index (χ4n) is 1.78. The first kappa shape index (κ1) is 11.9. The van der Waals surface area contributed by atoms with Crippen LogP contribution in [0.3, 0.4) is 0 Å². The Labute approximate surface area is 110 Å². The molecule has 0 bridgehead atoms. The SMILES string of the molecule is N#Cc1ccccc1C1=CC=C(CBr)CC=C1. The van der Waals surface area contributed by atoms with Gasteiger partial charge in [0.1, 0.15) is 0 Å². The number of nitriles is 1. The van der Waals surface area contributed by atoms with E-state index in [2.05, 4.69) is 46.3 Å². The zero-order valence-electron chi connectivity index (χ0n) is 9.36. The molecule has 0 aliphatic heterocycles. The fourth-order valence-corrected chi connectivity index (χ4v) is 2.20. The lowest BCUT2D eigenvalue weighted by Crippen LogP contribution is -1.86. The number of hydrogen-bond acceptors (Lipinski definition) is 1. The maximum Gasteiger partial charge on any atom is 0.0998 e. The Morgan fingerprint density at radius 1 is 1.24 bits per heavy atom. The fraction of sp³-hybridized carbons (Fsp3) is 0.133. The van der Waals surface area contributed by atoms with E-state index in [-0.39, 0.29) is 0 Å². The third kappa shape index (κ3) is 2.75. The van der Waals surface area contributed by atoms with E-state index in [4.69, 9.17) is 5.26 Å². The van der Waals surface area contributed by atoms with Crippen LogP contribution in [0, 0.1) is 11.3 Å². The molecule has 0 atom stereocenters. The van der Waals surface area contributed by atoms with E-state index in [1.54, 1.807) is 0 Å². The first-order valence-corrected chi connectivity index (χ1v) is 6.59. The summed E-state index contributed by atoms with van der Waals surface area (Å²) in [6, 6.07) is 9.93. The molecule has 1 aliphatic carbocycles. The highest BCUT2D eigenvalue weighted by Gasteiger charge is 2.05. The molecule has 2 rings (SSSR count). The van der Waals surface area contributed by atoms with Crippen molar-refractivity contribution in [3.8, 4) is 6.07 Å². The molecule has 84 valence electrons. The van der Waals surface area contributed by atoms with Crippen molar-refractivity contribution in [2.45, 2.75) is 6.42 Å². The Morgan fingerprint density at radius 2 is 2.06 bits per heavy atom. The van der Waals surface area contributed by atoms with Crippen LogP contribution < -0.4 is 0 Å². The highest BCUT2D eigenvalue weighted by atomic mass is 79.9. The van der Waals surface area contributed by atoms with Gasteiger partial charge in [0.2, 0.25) is 0 Å². The van der Waals surface area contributed by atoms with Crippen molar-refractivity contribution >= 4 is 21.5 Å². The van der Waals surface area contributed by atoms with Gasteiger partial charge in [0, 0.05) is 5.33 Å². The van der Waals surface area contributed by atoms with E-state index in [1.807, 2.05) is 24.3 Å². The number of alkyl halides is 1. The number of nitrogens with zero attached hydrogens (tertiary/aromatic N) is 1. The molecule has 0 fully saturated rings. The first-order valence-electron chi connectivity index (χ1n) is 5.47. The maximum atomic E-state index is 9.09. The van der Waals surface area contributed by atoms with Crippen molar-refractivity contribution < 1.29 is 0 Å². The third-order valence-electron chi connectivity index (χ3n) is 2.71. The van der Waals surface area contributed by atoms with Gasteiger partial charge < -0.3 is 0 Å². The molecule has 1 aromatic rings. The van der Waals surface area contributed by atoms with E-state index < -0.39 is 0 Å². The minimum atomic E-state index is 0.721. The third-order valence-corrected chi connectivity index (χ3v) is 3.43. The lowest BCUT2D eigenvalue weighted by molar-refractivity contribution is 1.24. The second kappa shape index (κ2) is 5.65. The molecule has 2 heteroatoms. The number of hydrogen-bond donors (Lipinski definition) is 0. The molecule has 0 heterocycles. The van der Waals surface area contributed by atoms with Crippen LogP contribution >= 0.6 is 15.9 Å². The highest BCUT2D eigenvalue weighted by molar-refractivity contribution is 9.09. The number of rotatable bonds is 2. The summed E-state index contributed by atoms with van der Waals surface area (Å²) in [5.74, 6) is 0. The second-order valence-corrected chi connectivity index (χ2v) is 4.41. The van der Waals surface area contributed by atoms with Crippen LogP contribution in [0.5, 0.6) is 0 Å². The molecule has 0 saturated heterocycles. The maximum absolute atomic E-state index is 9.09. The molecule has 0 radical (unpaired) electrons. The standard InChI is InChI=1S/C15H12BrN/c16-10-12-4-3-6-13(9-8-12)15-7-2-1-5-14(15)11-17/h1-3,5-9H,4,10H2. The van der Waals surface area contributed by atoms with Gasteiger partial charge in [-0.05, 0) is 23.6 Å². The van der Waals surface area contributed by atoms with Crippen molar-refractivity contribution in [1.82, 2.24) is 0 Å². The average Bonchev–Trinajstić information content (AvgIpc) is 2.63. The van der Waals surface area contributed by atoms with Crippen molar-refractivity contribution in [3.05, 3.63) is 65.3 Å². The van der Waals surface area contributed by atoms with Gasteiger partial charge in [0.25, 0.3) is 0 Å². The number of halogens is 1. The summed E-state index contributed by atoms with van der Waals surface area (Å²) < 4.78 is 0. The lowest BCUT2D eigenvalue weighted by Gasteiger charge is -2.03. The largest absolute Gasteiger partial charge is 0.192 e. The molecule has 17 heavy (non-hydrogen) atoms.